The summed E-state index contributed by atoms with van der Waals surface area (Å²) in [5.74, 6) is 0. The van der Waals surface area contributed by atoms with Gasteiger partial charge < -0.3 is 10.2 Å². The summed E-state index contributed by atoms with van der Waals surface area (Å²) in [5, 5.41) is 12.0. The minimum Gasteiger partial charge on any atom is -0.338 e. The molecule has 7 nitrogen and oxygen atoms in total. The third-order valence-corrected chi connectivity index (χ3v) is 6.16. The van der Waals surface area contributed by atoms with Gasteiger partial charge in [0.1, 0.15) is 6.07 Å². The number of amides is 2. The van der Waals surface area contributed by atoms with E-state index in [1.807, 2.05) is 6.07 Å². The fourth-order valence-electron chi connectivity index (χ4n) is 2.74. The zero-order chi connectivity index (χ0) is 18.3. The molecule has 136 valence electrons. The zero-order valence-corrected chi connectivity index (χ0v) is 15.3. The first-order valence-corrected chi connectivity index (χ1v) is 9.96. The summed E-state index contributed by atoms with van der Waals surface area (Å²) in [7, 11) is -3.73. The third kappa shape index (κ3) is 4.71. The molecule has 0 saturated carbocycles. The first kappa shape index (κ1) is 19.2. The van der Waals surface area contributed by atoms with Gasteiger partial charge in [-0.15, -0.1) is 0 Å². The molecule has 2 amide bonds. The van der Waals surface area contributed by atoms with Crippen molar-refractivity contribution in [3.8, 4) is 6.07 Å². The summed E-state index contributed by atoms with van der Waals surface area (Å²) in [6, 6.07) is 7.95. The monoisotopic (exact) mass is 364 g/mol. The summed E-state index contributed by atoms with van der Waals surface area (Å²) in [6.45, 7) is 3.88. The highest BCUT2D eigenvalue weighted by atomic mass is 32.2. The molecule has 1 saturated heterocycles. The van der Waals surface area contributed by atoms with Gasteiger partial charge in [-0.05, 0) is 18.6 Å². The number of nitriles is 1. The number of carbonyl (C=O) groups is 1. The minimum absolute atomic E-state index is 0.0231. The van der Waals surface area contributed by atoms with Gasteiger partial charge in [0, 0.05) is 32.7 Å². The smallest absolute Gasteiger partial charge is 0.317 e. The number of benzene rings is 1. The van der Waals surface area contributed by atoms with Gasteiger partial charge in [-0.2, -0.15) is 9.57 Å². The molecular weight excluding hydrogens is 340 g/mol. The van der Waals surface area contributed by atoms with Crippen LogP contribution in [0.25, 0.3) is 0 Å². The summed E-state index contributed by atoms with van der Waals surface area (Å²) < 4.78 is 26.8. The Morgan fingerprint density at radius 2 is 1.88 bits per heavy atom. The highest BCUT2D eigenvalue weighted by Gasteiger charge is 2.31. The molecule has 1 aliphatic rings. The van der Waals surface area contributed by atoms with Crippen LogP contribution in [-0.4, -0.2) is 56.4 Å². The lowest BCUT2D eigenvalue weighted by atomic mass is 10.2. The van der Waals surface area contributed by atoms with Gasteiger partial charge in [0.15, 0.2) is 0 Å². The van der Waals surface area contributed by atoms with Gasteiger partial charge in [0.2, 0.25) is 10.0 Å². The average molecular weight is 364 g/mol. The van der Waals surface area contributed by atoms with Crippen LogP contribution in [0.2, 0.25) is 0 Å². The summed E-state index contributed by atoms with van der Waals surface area (Å²) >= 11 is 0. The van der Waals surface area contributed by atoms with Crippen LogP contribution in [0.1, 0.15) is 31.7 Å². The number of hydrogen-bond donors (Lipinski definition) is 1. The van der Waals surface area contributed by atoms with Crippen molar-refractivity contribution >= 4 is 16.1 Å². The van der Waals surface area contributed by atoms with Crippen molar-refractivity contribution < 1.29 is 13.2 Å². The first-order chi connectivity index (χ1) is 12.0. The SMILES string of the molecule is CCCCCNC(=O)N1CCN(S(=O)(=O)c2ccccc2C#N)CC1. The molecule has 0 atom stereocenters. The van der Waals surface area contributed by atoms with Crippen LogP contribution < -0.4 is 5.32 Å². The lowest BCUT2D eigenvalue weighted by Gasteiger charge is -2.34. The minimum atomic E-state index is -3.73. The largest absolute Gasteiger partial charge is 0.338 e. The van der Waals surface area contributed by atoms with Crippen LogP contribution >= 0.6 is 0 Å². The van der Waals surface area contributed by atoms with Crippen molar-refractivity contribution in [2.24, 2.45) is 0 Å². The van der Waals surface area contributed by atoms with E-state index in [4.69, 9.17) is 5.26 Å². The Labute approximate surface area is 149 Å². The van der Waals surface area contributed by atoms with E-state index in [2.05, 4.69) is 12.2 Å². The molecule has 0 aromatic heterocycles. The van der Waals surface area contributed by atoms with Gasteiger partial charge in [-0.1, -0.05) is 31.9 Å². The number of urea groups is 1. The maximum Gasteiger partial charge on any atom is 0.317 e. The summed E-state index contributed by atoms with van der Waals surface area (Å²) in [6.07, 6.45) is 3.11. The highest BCUT2D eigenvalue weighted by molar-refractivity contribution is 7.89. The number of nitrogens with zero attached hydrogens (tertiary/aromatic N) is 3. The average Bonchev–Trinajstić information content (AvgIpc) is 2.65. The second-order valence-corrected chi connectivity index (χ2v) is 7.84. The Hall–Kier alpha value is -2.11. The normalized spacial score (nSPS) is 15.6. The quantitative estimate of drug-likeness (QED) is 0.779. The molecular formula is C17H24N4O3S. The summed E-state index contributed by atoms with van der Waals surface area (Å²) in [5.41, 5.74) is 0.138. The van der Waals surface area contributed by atoms with Gasteiger partial charge in [-0.3, -0.25) is 0 Å². The Kier molecular flexibility index (Phi) is 6.79. The van der Waals surface area contributed by atoms with E-state index in [9.17, 15) is 13.2 Å². The first-order valence-electron chi connectivity index (χ1n) is 8.52. The van der Waals surface area contributed by atoms with Gasteiger partial charge in [-0.25, -0.2) is 13.2 Å². The molecule has 0 aliphatic carbocycles. The number of piperazine rings is 1. The highest BCUT2D eigenvalue weighted by Crippen LogP contribution is 2.21. The molecule has 0 radical (unpaired) electrons. The maximum atomic E-state index is 12.7. The van der Waals surface area contributed by atoms with Crippen molar-refractivity contribution in [2.45, 2.75) is 31.1 Å². The summed E-state index contributed by atoms with van der Waals surface area (Å²) in [4.78, 5) is 13.7. The number of unbranched alkanes of at least 4 members (excludes halogenated alkanes) is 2. The fourth-order valence-corrected chi connectivity index (χ4v) is 4.30. The second-order valence-electron chi connectivity index (χ2n) is 5.94. The fraction of sp³-hybridized carbons (Fsp3) is 0.529. The van der Waals surface area contributed by atoms with E-state index in [-0.39, 0.29) is 29.6 Å². The molecule has 1 aliphatic heterocycles. The number of carbonyl (C=O) groups excluding carboxylic acids is 1. The predicted molar refractivity (Wildman–Crippen MR) is 94.4 cm³/mol. The molecule has 1 aromatic carbocycles. The second kappa shape index (κ2) is 8.83. The molecule has 8 heteroatoms. The Morgan fingerprint density at radius 1 is 1.20 bits per heavy atom. The number of sulfonamides is 1. The topological polar surface area (TPSA) is 93.5 Å². The van der Waals surface area contributed by atoms with E-state index in [0.717, 1.165) is 19.3 Å². The van der Waals surface area contributed by atoms with Crippen LogP contribution in [0.15, 0.2) is 29.2 Å². The number of rotatable bonds is 6. The molecule has 1 aromatic rings. The molecule has 0 spiro atoms. The van der Waals surface area contributed by atoms with Crippen LogP contribution in [0.5, 0.6) is 0 Å². The maximum absolute atomic E-state index is 12.7. The lowest BCUT2D eigenvalue weighted by Crippen LogP contribution is -2.53. The van der Waals surface area contributed by atoms with Crippen LogP contribution in [0.4, 0.5) is 4.79 Å². The van der Waals surface area contributed by atoms with Crippen molar-refractivity contribution in [1.82, 2.24) is 14.5 Å². The van der Waals surface area contributed by atoms with Crippen LogP contribution in [0.3, 0.4) is 0 Å². The van der Waals surface area contributed by atoms with E-state index in [0.29, 0.717) is 19.6 Å². The zero-order valence-electron chi connectivity index (χ0n) is 14.4. The van der Waals surface area contributed by atoms with Gasteiger partial charge >= 0.3 is 6.03 Å². The van der Waals surface area contributed by atoms with Crippen molar-refractivity contribution in [2.75, 3.05) is 32.7 Å². The standard InChI is InChI=1S/C17H24N4O3S/c1-2-3-6-9-19-17(22)20-10-12-21(13-11-20)25(23,24)16-8-5-4-7-15(16)14-18/h4-5,7-8H,2-3,6,9-13H2,1H3,(H,19,22). The molecule has 1 heterocycles. The molecule has 1 fully saturated rings. The molecule has 0 unspecified atom stereocenters. The van der Waals surface area contributed by atoms with Gasteiger partial charge in [0.05, 0.1) is 10.5 Å². The molecule has 2 rings (SSSR count). The van der Waals surface area contributed by atoms with E-state index < -0.39 is 10.0 Å². The van der Waals surface area contributed by atoms with Crippen molar-refractivity contribution in [3.63, 3.8) is 0 Å². The molecule has 1 N–H and O–H groups in total. The number of hydrogen-bond acceptors (Lipinski definition) is 4. The Morgan fingerprint density at radius 3 is 2.52 bits per heavy atom. The van der Waals surface area contributed by atoms with E-state index in [1.54, 1.807) is 17.0 Å². The molecule has 25 heavy (non-hydrogen) atoms. The van der Waals surface area contributed by atoms with Gasteiger partial charge in [0.25, 0.3) is 0 Å². The molecule has 0 bridgehead atoms. The Balaban J connectivity index is 1.95. The van der Waals surface area contributed by atoms with Crippen molar-refractivity contribution in [3.05, 3.63) is 29.8 Å². The third-order valence-electron chi connectivity index (χ3n) is 4.21. The van der Waals surface area contributed by atoms with E-state index in [1.165, 1.54) is 16.4 Å². The van der Waals surface area contributed by atoms with Crippen LogP contribution in [0, 0.1) is 11.3 Å². The van der Waals surface area contributed by atoms with E-state index >= 15 is 0 Å². The van der Waals surface area contributed by atoms with Crippen LogP contribution in [-0.2, 0) is 10.0 Å². The number of nitrogens with one attached hydrogen (secondary N) is 1. The lowest BCUT2D eigenvalue weighted by molar-refractivity contribution is 0.172. The predicted octanol–water partition coefficient (Wildman–Crippen LogP) is 1.76. The van der Waals surface area contributed by atoms with Crippen molar-refractivity contribution in [1.29, 1.82) is 5.26 Å². The Bertz CT molecular complexity index is 735.